The van der Waals surface area contributed by atoms with Gasteiger partial charge in [-0.3, -0.25) is 19.2 Å². The second-order valence-electron chi connectivity index (χ2n) is 8.20. The van der Waals surface area contributed by atoms with Crippen LogP contribution in [0.3, 0.4) is 0 Å². The van der Waals surface area contributed by atoms with E-state index in [0.29, 0.717) is 5.69 Å². The first-order valence-corrected chi connectivity index (χ1v) is 11.2. The average molecular weight is 503 g/mol. The molecule has 0 aliphatic rings. The molecular weight excluding hydrogens is 472 g/mol. The summed E-state index contributed by atoms with van der Waals surface area (Å²) in [6, 6.07) is 4.34. The minimum Gasteiger partial charge on any atom is -0.481 e. The highest BCUT2D eigenvalue weighted by atomic mass is 16.4. The van der Waals surface area contributed by atoms with Gasteiger partial charge in [-0.1, -0.05) is 30.3 Å². The largest absolute Gasteiger partial charge is 0.481 e. The molecule has 1 aromatic heterocycles. The molecule has 0 radical (unpaired) electrons. The maximum absolute atomic E-state index is 12.8. The molecule has 8 N–H and O–H groups in total. The van der Waals surface area contributed by atoms with E-state index in [4.69, 9.17) is 10.8 Å². The molecule has 0 saturated carbocycles. The molecule has 0 bridgehead atoms. The van der Waals surface area contributed by atoms with Gasteiger partial charge in [0, 0.05) is 24.7 Å². The van der Waals surface area contributed by atoms with E-state index in [1.54, 1.807) is 0 Å². The van der Waals surface area contributed by atoms with E-state index in [9.17, 15) is 29.1 Å². The van der Waals surface area contributed by atoms with Gasteiger partial charge in [-0.05, 0) is 25.3 Å². The maximum atomic E-state index is 12.8. The van der Waals surface area contributed by atoms with Gasteiger partial charge in [0.15, 0.2) is 0 Å². The molecule has 13 nitrogen and oxygen atoms in total. The van der Waals surface area contributed by atoms with Crippen LogP contribution in [-0.2, 0) is 36.8 Å². The van der Waals surface area contributed by atoms with Crippen LogP contribution in [-0.4, -0.2) is 74.0 Å². The molecule has 2 rings (SSSR count). The van der Waals surface area contributed by atoms with Crippen molar-refractivity contribution in [1.82, 2.24) is 25.9 Å². The predicted molar refractivity (Wildman–Crippen MR) is 126 cm³/mol. The Morgan fingerprint density at radius 3 is 2.19 bits per heavy atom. The fourth-order valence-corrected chi connectivity index (χ4v) is 3.27. The lowest BCUT2D eigenvalue weighted by Gasteiger charge is -2.23. The van der Waals surface area contributed by atoms with E-state index < -0.39 is 60.2 Å². The second kappa shape index (κ2) is 13.6. The standard InChI is InChI=1S/C23H30N6O7/c1-13(27-21(33)16(24)9-14-5-3-2-4-6-14)20(32)28-17(7-8-19(30)31)22(34)29-18(23(35)36)10-15-11-25-12-26-15/h2-6,11-13,16-18H,7-10,24H2,1H3,(H,25,26)(H,27,33)(H,28,32)(H,29,34)(H,30,31)(H,35,36). The number of carboxylic acid groups (broad SMARTS) is 2. The first-order valence-electron chi connectivity index (χ1n) is 11.2. The summed E-state index contributed by atoms with van der Waals surface area (Å²) < 4.78 is 0. The normalized spacial score (nSPS) is 14.1. The molecule has 194 valence electrons. The zero-order valence-electron chi connectivity index (χ0n) is 19.6. The summed E-state index contributed by atoms with van der Waals surface area (Å²) in [6.07, 6.45) is 2.15. The third-order valence-corrected chi connectivity index (χ3v) is 5.26. The first kappa shape index (κ1) is 28.0. The highest BCUT2D eigenvalue weighted by Crippen LogP contribution is 2.05. The number of nitrogens with two attached hydrogens (primary N) is 1. The summed E-state index contributed by atoms with van der Waals surface area (Å²) in [7, 11) is 0. The number of aliphatic carboxylic acids is 2. The molecule has 4 atom stereocenters. The molecule has 0 aliphatic carbocycles. The smallest absolute Gasteiger partial charge is 0.326 e. The van der Waals surface area contributed by atoms with Gasteiger partial charge < -0.3 is 36.9 Å². The van der Waals surface area contributed by atoms with Crippen molar-refractivity contribution < 1.29 is 34.2 Å². The van der Waals surface area contributed by atoms with Crippen LogP contribution in [0.4, 0.5) is 0 Å². The minimum absolute atomic E-state index is 0.105. The number of rotatable bonds is 14. The van der Waals surface area contributed by atoms with Crippen molar-refractivity contribution in [1.29, 1.82) is 0 Å². The van der Waals surface area contributed by atoms with Gasteiger partial charge in [0.05, 0.1) is 12.4 Å². The number of aromatic amines is 1. The number of nitrogens with one attached hydrogen (secondary N) is 4. The number of nitrogens with zero attached hydrogens (tertiary/aromatic N) is 1. The Kier molecular flexibility index (Phi) is 10.6. The van der Waals surface area contributed by atoms with Crippen molar-refractivity contribution in [2.24, 2.45) is 5.73 Å². The molecule has 1 heterocycles. The molecular formula is C23H30N6O7. The van der Waals surface area contributed by atoms with E-state index in [1.165, 1.54) is 19.4 Å². The van der Waals surface area contributed by atoms with Crippen LogP contribution < -0.4 is 21.7 Å². The number of carbonyl (C=O) groups excluding carboxylic acids is 3. The number of benzene rings is 1. The zero-order valence-corrected chi connectivity index (χ0v) is 19.6. The minimum atomic E-state index is -1.35. The molecule has 0 fully saturated rings. The molecule has 1 aromatic carbocycles. The van der Waals surface area contributed by atoms with E-state index in [0.717, 1.165) is 5.56 Å². The lowest BCUT2D eigenvalue weighted by atomic mass is 10.1. The summed E-state index contributed by atoms with van der Waals surface area (Å²) >= 11 is 0. The topological polar surface area (TPSA) is 217 Å². The summed E-state index contributed by atoms with van der Waals surface area (Å²) in [5.41, 5.74) is 7.23. The van der Waals surface area contributed by atoms with Crippen LogP contribution >= 0.6 is 0 Å². The second-order valence-corrected chi connectivity index (χ2v) is 8.20. The number of hydrogen-bond acceptors (Lipinski definition) is 7. The Labute approximate surface area is 206 Å². The molecule has 13 heteroatoms. The Hall–Kier alpha value is -4.26. The van der Waals surface area contributed by atoms with Crippen molar-refractivity contribution in [2.75, 3.05) is 0 Å². The van der Waals surface area contributed by atoms with Crippen LogP contribution in [0.2, 0.25) is 0 Å². The molecule has 4 unspecified atom stereocenters. The Morgan fingerprint density at radius 1 is 0.944 bits per heavy atom. The molecule has 0 aliphatic heterocycles. The Bertz CT molecular complexity index is 1040. The van der Waals surface area contributed by atoms with Crippen molar-refractivity contribution in [3.63, 3.8) is 0 Å². The number of hydrogen-bond donors (Lipinski definition) is 7. The van der Waals surface area contributed by atoms with E-state index in [1.807, 2.05) is 30.3 Å². The lowest BCUT2D eigenvalue weighted by Crippen LogP contribution is -2.56. The van der Waals surface area contributed by atoms with Gasteiger partial charge in [-0.2, -0.15) is 0 Å². The van der Waals surface area contributed by atoms with Crippen LogP contribution in [0.5, 0.6) is 0 Å². The number of amides is 3. The van der Waals surface area contributed by atoms with E-state index in [2.05, 4.69) is 25.9 Å². The van der Waals surface area contributed by atoms with Gasteiger partial charge in [-0.25, -0.2) is 9.78 Å². The molecule has 0 saturated heterocycles. The molecule has 0 spiro atoms. The van der Waals surface area contributed by atoms with Gasteiger partial charge in [0.1, 0.15) is 18.1 Å². The number of H-pyrrole nitrogens is 1. The number of carboxylic acids is 2. The van der Waals surface area contributed by atoms with E-state index >= 15 is 0 Å². The van der Waals surface area contributed by atoms with Gasteiger partial charge in [0.2, 0.25) is 17.7 Å². The van der Waals surface area contributed by atoms with Crippen molar-refractivity contribution in [3.05, 3.63) is 54.1 Å². The number of carbonyl (C=O) groups is 5. The average Bonchev–Trinajstić information content (AvgIpc) is 3.34. The van der Waals surface area contributed by atoms with Crippen LogP contribution in [0, 0.1) is 0 Å². The number of aromatic nitrogens is 2. The predicted octanol–water partition coefficient (Wildman–Crippen LogP) is -1.05. The summed E-state index contributed by atoms with van der Waals surface area (Å²) in [4.78, 5) is 67.0. The number of imidazole rings is 1. The molecule has 36 heavy (non-hydrogen) atoms. The highest BCUT2D eigenvalue weighted by Gasteiger charge is 2.29. The van der Waals surface area contributed by atoms with Gasteiger partial charge >= 0.3 is 11.9 Å². The maximum Gasteiger partial charge on any atom is 0.326 e. The summed E-state index contributed by atoms with van der Waals surface area (Å²) in [5.74, 6) is -4.76. The third kappa shape index (κ3) is 9.18. The SMILES string of the molecule is CC(NC(=O)C(N)Cc1ccccc1)C(=O)NC(CCC(=O)O)C(=O)NC(Cc1cnc[nH]1)C(=O)O. The lowest BCUT2D eigenvalue weighted by molar-refractivity contribution is -0.143. The van der Waals surface area contributed by atoms with Gasteiger partial charge in [0.25, 0.3) is 0 Å². The van der Waals surface area contributed by atoms with Gasteiger partial charge in [-0.15, -0.1) is 0 Å². The zero-order chi connectivity index (χ0) is 26.7. The highest BCUT2D eigenvalue weighted by molar-refractivity contribution is 5.94. The van der Waals surface area contributed by atoms with Crippen LogP contribution in [0.25, 0.3) is 0 Å². The Morgan fingerprint density at radius 2 is 1.61 bits per heavy atom. The monoisotopic (exact) mass is 502 g/mol. The Balaban J connectivity index is 1.99. The van der Waals surface area contributed by atoms with Crippen LogP contribution in [0.15, 0.2) is 42.9 Å². The third-order valence-electron chi connectivity index (χ3n) is 5.26. The van der Waals surface area contributed by atoms with Crippen molar-refractivity contribution >= 4 is 29.7 Å². The quantitative estimate of drug-likeness (QED) is 0.167. The van der Waals surface area contributed by atoms with Crippen molar-refractivity contribution in [2.45, 2.75) is 56.8 Å². The molecule has 2 aromatic rings. The first-order chi connectivity index (χ1) is 17.1. The summed E-state index contributed by atoms with van der Waals surface area (Å²) in [6.45, 7) is 1.38. The fourth-order valence-electron chi connectivity index (χ4n) is 3.27. The molecule has 3 amide bonds. The van der Waals surface area contributed by atoms with Crippen molar-refractivity contribution in [3.8, 4) is 0 Å². The fraction of sp³-hybridized carbons (Fsp3) is 0.391. The van der Waals surface area contributed by atoms with E-state index in [-0.39, 0.29) is 19.3 Å². The summed E-state index contributed by atoms with van der Waals surface area (Å²) in [5, 5.41) is 25.6. The van der Waals surface area contributed by atoms with Crippen LogP contribution in [0.1, 0.15) is 31.0 Å².